The van der Waals surface area contributed by atoms with Crippen molar-refractivity contribution in [2.24, 2.45) is 11.8 Å². The SMILES string of the molecule is CNC12CC3CC(C1)CC(OC)(C3)C2. The van der Waals surface area contributed by atoms with Crippen LogP contribution < -0.4 is 5.32 Å². The highest BCUT2D eigenvalue weighted by Gasteiger charge is 2.57. The van der Waals surface area contributed by atoms with Gasteiger partial charge in [0, 0.05) is 12.6 Å². The van der Waals surface area contributed by atoms with E-state index < -0.39 is 0 Å². The van der Waals surface area contributed by atoms with Crippen molar-refractivity contribution < 1.29 is 4.74 Å². The Labute approximate surface area is 86.4 Å². The van der Waals surface area contributed by atoms with Gasteiger partial charge in [-0.15, -0.1) is 0 Å². The Morgan fingerprint density at radius 2 is 1.79 bits per heavy atom. The van der Waals surface area contributed by atoms with E-state index in [2.05, 4.69) is 12.4 Å². The minimum atomic E-state index is 0.243. The van der Waals surface area contributed by atoms with Crippen molar-refractivity contribution in [3.05, 3.63) is 0 Å². The van der Waals surface area contributed by atoms with Gasteiger partial charge in [-0.05, 0) is 57.4 Å². The van der Waals surface area contributed by atoms with Gasteiger partial charge in [-0.1, -0.05) is 0 Å². The molecule has 0 amide bonds. The van der Waals surface area contributed by atoms with E-state index in [-0.39, 0.29) is 5.60 Å². The topological polar surface area (TPSA) is 21.3 Å². The maximum atomic E-state index is 5.84. The Hall–Kier alpha value is -0.0800. The van der Waals surface area contributed by atoms with E-state index in [0.29, 0.717) is 5.54 Å². The van der Waals surface area contributed by atoms with Crippen LogP contribution in [0.2, 0.25) is 0 Å². The molecule has 0 aliphatic heterocycles. The summed E-state index contributed by atoms with van der Waals surface area (Å²) in [6.45, 7) is 0. The molecule has 14 heavy (non-hydrogen) atoms. The summed E-state index contributed by atoms with van der Waals surface area (Å²) in [6, 6.07) is 0. The van der Waals surface area contributed by atoms with Crippen LogP contribution in [0.5, 0.6) is 0 Å². The molecule has 4 fully saturated rings. The Balaban J connectivity index is 1.94. The molecule has 1 N–H and O–H groups in total. The first kappa shape index (κ1) is 9.17. The van der Waals surface area contributed by atoms with E-state index in [9.17, 15) is 0 Å². The molecule has 0 aromatic heterocycles. The Bertz CT molecular complexity index is 215. The monoisotopic (exact) mass is 195 g/mol. The second kappa shape index (κ2) is 2.73. The lowest BCUT2D eigenvalue weighted by Crippen LogP contribution is -2.64. The maximum Gasteiger partial charge on any atom is 0.0701 e. The van der Waals surface area contributed by atoms with Crippen molar-refractivity contribution in [2.45, 2.75) is 49.7 Å². The molecular formula is C12H21NO. The summed E-state index contributed by atoms with van der Waals surface area (Å²) in [5, 5.41) is 3.59. The molecule has 2 heteroatoms. The fourth-order valence-electron chi connectivity index (χ4n) is 4.71. The highest BCUT2D eigenvalue weighted by Crippen LogP contribution is 2.58. The van der Waals surface area contributed by atoms with Gasteiger partial charge in [-0.2, -0.15) is 0 Å². The predicted octanol–water partition coefficient (Wildman–Crippen LogP) is 1.94. The molecule has 4 rings (SSSR count). The highest BCUT2D eigenvalue weighted by molar-refractivity contribution is 5.12. The Kier molecular flexibility index (Phi) is 1.79. The molecule has 0 radical (unpaired) electrons. The minimum absolute atomic E-state index is 0.243. The lowest BCUT2D eigenvalue weighted by Gasteiger charge is -2.61. The van der Waals surface area contributed by atoms with Gasteiger partial charge in [-0.25, -0.2) is 0 Å². The first-order chi connectivity index (χ1) is 6.69. The van der Waals surface area contributed by atoms with Crippen molar-refractivity contribution >= 4 is 0 Å². The molecule has 0 saturated heterocycles. The predicted molar refractivity (Wildman–Crippen MR) is 56.2 cm³/mol. The highest BCUT2D eigenvalue weighted by atomic mass is 16.5. The number of hydrogen-bond donors (Lipinski definition) is 1. The van der Waals surface area contributed by atoms with E-state index in [1.807, 2.05) is 7.11 Å². The van der Waals surface area contributed by atoms with Crippen molar-refractivity contribution in [1.82, 2.24) is 5.32 Å². The van der Waals surface area contributed by atoms with Gasteiger partial charge < -0.3 is 10.1 Å². The van der Waals surface area contributed by atoms with Crippen LogP contribution in [-0.2, 0) is 4.74 Å². The lowest BCUT2D eigenvalue weighted by molar-refractivity contribution is -0.159. The van der Waals surface area contributed by atoms with Crippen molar-refractivity contribution in [3.63, 3.8) is 0 Å². The van der Waals surface area contributed by atoms with Crippen molar-refractivity contribution in [3.8, 4) is 0 Å². The molecular weight excluding hydrogens is 174 g/mol. The molecule has 80 valence electrons. The van der Waals surface area contributed by atoms with Gasteiger partial charge in [0.2, 0.25) is 0 Å². The summed E-state index contributed by atoms with van der Waals surface area (Å²) in [5.74, 6) is 1.87. The van der Waals surface area contributed by atoms with Crippen LogP contribution in [0.3, 0.4) is 0 Å². The molecule has 0 aromatic rings. The molecule has 2 unspecified atom stereocenters. The third-order valence-electron chi connectivity index (χ3n) is 4.97. The normalized spacial score (nSPS) is 55.3. The summed E-state index contributed by atoms with van der Waals surface area (Å²) in [6.07, 6.45) is 8.15. The van der Waals surface area contributed by atoms with Crippen molar-refractivity contribution in [2.75, 3.05) is 14.2 Å². The molecule has 4 aliphatic carbocycles. The molecule has 4 saturated carbocycles. The lowest BCUT2D eigenvalue weighted by atomic mass is 9.51. The summed E-state index contributed by atoms with van der Waals surface area (Å²) in [7, 11) is 4.05. The van der Waals surface area contributed by atoms with E-state index in [0.717, 1.165) is 11.8 Å². The third-order valence-corrected chi connectivity index (χ3v) is 4.97. The zero-order chi connectivity index (χ0) is 9.81. The van der Waals surface area contributed by atoms with Crippen LogP contribution in [0.25, 0.3) is 0 Å². The summed E-state index contributed by atoms with van der Waals surface area (Å²) in [4.78, 5) is 0. The Morgan fingerprint density at radius 1 is 1.14 bits per heavy atom. The van der Waals surface area contributed by atoms with Crippen LogP contribution in [0.15, 0.2) is 0 Å². The smallest absolute Gasteiger partial charge is 0.0701 e. The molecule has 4 aliphatic rings. The van der Waals surface area contributed by atoms with Crippen LogP contribution in [-0.4, -0.2) is 25.3 Å². The third kappa shape index (κ3) is 1.10. The second-order valence-electron chi connectivity index (χ2n) is 5.88. The van der Waals surface area contributed by atoms with Gasteiger partial charge in [0.1, 0.15) is 0 Å². The van der Waals surface area contributed by atoms with Crippen LogP contribution in [0.4, 0.5) is 0 Å². The zero-order valence-corrected chi connectivity index (χ0v) is 9.31. The maximum absolute atomic E-state index is 5.84. The number of rotatable bonds is 2. The fraction of sp³-hybridized carbons (Fsp3) is 1.00. The van der Waals surface area contributed by atoms with Gasteiger partial charge in [0.15, 0.2) is 0 Å². The molecule has 0 spiro atoms. The van der Waals surface area contributed by atoms with E-state index in [1.54, 1.807) is 0 Å². The first-order valence-electron chi connectivity index (χ1n) is 5.93. The van der Waals surface area contributed by atoms with Crippen molar-refractivity contribution in [1.29, 1.82) is 0 Å². The number of ether oxygens (including phenoxy) is 1. The number of nitrogens with one attached hydrogen (secondary N) is 1. The molecule has 4 bridgehead atoms. The first-order valence-corrected chi connectivity index (χ1v) is 5.93. The van der Waals surface area contributed by atoms with E-state index >= 15 is 0 Å². The van der Waals surface area contributed by atoms with E-state index in [4.69, 9.17) is 4.74 Å². The second-order valence-corrected chi connectivity index (χ2v) is 5.88. The van der Waals surface area contributed by atoms with E-state index in [1.165, 1.54) is 38.5 Å². The van der Waals surface area contributed by atoms with Gasteiger partial charge in [0.25, 0.3) is 0 Å². The largest absolute Gasteiger partial charge is 0.378 e. The fourth-order valence-corrected chi connectivity index (χ4v) is 4.71. The molecule has 2 nitrogen and oxygen atoms in total. The summed E-state index contributed by atoms with van der Waals surface area (Å²) >= 11 is 0. The van der Waals surface area contributed by atoms with Gasteiger partial charge >= 0.3 is 0 Å². The Morgan fingerprint density at radius 3 is 2.29 bits per heavy atom. The molecule has 0 aromatic carbocycles. The summed E-state index contributed by atoms with van der Waals surface area (Å²) < 4.78 is 5.84. The van der Waals surface area contributed by atoms with Crippen LogP contribution >= 0.6 is 0 Å². The van der Waals surface area contributed by atoms with Gasteiger partial charge in [-0.3, -0.25) is 0 Å². The molecule has 0 heterocycles. The number of methoxy groups -OCH3 is 1. The number of hydrogen-bond acceptors (Lipinski definition) is 2. The minimum Gasteiger partial charge on any atom is -0.378 e. The zero-order valence-electron chi connectivity index (χ0n) is 9.31. The average Bonchev–Trinajstić information content (AvgIpc) is 2.16. The average molecular weight is 195 g/mol. The van der Waals surface area contributed by atoms with Crippen LogP contribution in [0.1, 0.15) is 38.5 Å². The summed E-state index contributed by atoms with van der Waals surface area (Å²) in [5.41, 5.74) is 0.674. The standard InChI is InChI=1S/C12H21NO/c1-13-11-4-9-3-10(5-11)7-12(6-9,8-11)14-2/h9-10,13H,3-8H2,1-2H3. The van der Waals surface area contributed by atoms with Gasteiger partial charge in [0.05, 0.1) is 5.60 Å². The molecule has 2 atom stereocenters. The quantitative estimate of drug-likeness (QED) is 0.727. The van der Waals surface area contributed by atoms with Crippen LogP contribution in [0, 0.1) is 11.8 Å².